The van der Waals surface area contributed by atoms with Crippen molar-refractivity contribution in [3.8, 4) is 5.75 Å². The first kappa shape index (κ1) is 19.1. The van der Waals surface area contributed by atoms with Crippen molar-refractivity contribution in [3.05, 3.63) is 64.6 Å². The number of para-hydroxylation sites is 1. The monoisotopic (exact) mass is 398 g/mol. The van der Waals surface area contributed by atoms with Crippen LogP contribution in [0.1, 0.15) is 11.1 Å². The summed E-state index contributed by atoms with van der Waals surface area (Å²) in [5.41, 5.74) is 2.63. The normalized spacial score (nSPS) is 15.3. The van der Waals surface area contributed by atoms with Gasteiger partial charge in [0, 0.05) is 12.7 Å². The number of ether oxygens (including phenoxy) is 1. The van der Waals surface area contributed by atoms with Gasteiger partial charge in [0.05, 0.1) is 4.91 Å². The average molecular weight is 399 g/mol. The molecule has 3 rings (SSSR count). The standard InChI is InChI=1S/C20H18N2O3S2/c1-13-5-3-4-6-16(13)21-18(23)12-25-15-9-7-14(8-10-15)11-17-19(24)22(2)20(26)27-17/h3-11H,12H2,1-2H3,(H,21,23)/b17-11+. The number of benzene rings is 2. The van der Waals surface area contributed by atoms with E-state index in [2.05, 4.69) is 5.32 Å². The van der Waals surface area contributed by atoms with Gasteiger partial charge in [-0.1, -0.05) is 54.3 Å². The smallest absolute Gasteiger partial charge is 0.265 e. The Morgan fingerprint density at radius 3 is 2.56 bits per heavy atom. The van der Waals surface area contributed by atoms with Gasteiger partial charge in [-0.3, -0.25) is 14.5 Å². The number of anilines is 1. The van der Waals surface area contributed by atoms with Crippen LogP contribution in [0.5, 0.6) is 5.75 Å². The topological polar surface area (TPSA) is 58.6 Å². The quantitative estimate of drug-likeness (QED) is 0.613. The van der Waals surface area contributed by atoms with Gasteiger partial charge in [-0.05, 0) is 42.3 Å². The van der Waals surface area contributed by atoms with Gasteiger partial charge in [0.15, 0.2) is 6.61 Å². The number of nitrogens with zero attached hydrogens (tertiary/aromatic N) is 1. The molecule has 0 bridgehead atoms. The second kappa shape index (κ2) is 8.37. The first-order valence-corrected chi connectivity index (χ1v) is 9.46. The number of thioether (sulfide) groups is 1. The van der Waals surface area contributed by atoms with Crippen molar-refractivity contribution in [2.24, 2.45) is 0 Å². The summed E-state index contributed by atoms with van der Waals surface area (Å²) in [6, 6.07) is 14.8. The number of hydrogen-bond acceptors (Lipinski definition) is 5. The van der Waals surface area contributed by atoms with Crippen LogP contribution in [-0.4, -0.2) is 34.7 Å². The molecule has 2 aromatic carbocycles. The molecule has 5 nitrogen and oxygen atoms in total. The van der Waals surface area contributed by atoms with Gasteiger partial charge in [-0.15, -0.1) is 0 Å². The molecule has 0 atom stereocenters. The third-order valence-corrected chi connectivity index (χ3v) is 5.44. The van der Waals surface area contributed by atoms with E-state index >= 15 is 0 Å². The molecule has 7 heteroatoms. The van der Waals surface area contributed by atoms with E-state index in [1.165, 1.54) is 16.7 Å². The molecule has 0 radical (unpaired) electrons. The Balaban J connectivity index is 1.57. The van der Waals surface area contributed by atoms with Gasteiger partial charge in [-0.2, -0.15) is 0 Å². The van der Waals surface area contributed by atoms with Crippen LogP contribution in [0.3, 0.4) is 0 Å². The lowest BCUT2D eigenvalue weighted by atomic mass is 10.2. The molecule has 0 unspecified atom stereocenters. The summed E-state index contributed by atoms with van der Waals surface area (Å²) in [6.07, 6.45) is 1.79. The number of likely N-dealkylation sites (N-methyl/N-ethyl adjacent to an activating group) is 1. The predicted octanol–water partition coefficient (Wildman–Crippen LogP) is 3.84. The van der Waals surface area contributed by atoms with E-state index in [9.17, 15) is 9.59 Å². The first-order valence-electron chi connectivity index (χ1n) is 8.24. The predicted molar refractivity (Wildman–Crippen MR) is 113 cm³/mol. The van der Waals surface area contributed by atoms with Gasteiger partial charge in [-0.25, -0.2) is 0 Å². The zero-order valence-corrected chi connectivity index (χ0v) is 16.5. The minimum atomic E-state index is -0.222. The fraction of sp³-hybridized carbons (Fsp3) is 0.150. The van der Waals surface area contributed by atoms with Crippen LogP contribution >= 0.6 is 24.0 Å². The molecule has 1 aliphatic rings. The van der Waals surface area contributed by atoms with Crippen molar-refractivity contribution < 1.29 is 14.3 Å². The molecule has 1 heterocycles. The summed E-state index contributed by atoms with van der Waals surface area (Å²) >= 11 is 6.40. The second-order valence-electron chi connectivity index (χ2n) is 5.96. The zero-order valence-electron chi connectivity index (χ0n) is 14.9. The fourth-order valence-corrected chi connectivity index (χ4v) is 3.59. The lowest BCUT2D eigenvalue weighted by molar-refractivity contribution is -0.121. The Bertz CT molecular complexity index is 923. The molecule has 1 N–H and O–H groups in total. The Morgan fingerprint density at radius 2 is 1.93 bits per heavy atom. The number of carbonyl (C=O) groups excluding carboxylic acids is 2. The van der Waals surface area contributed by atoms with Gasteiger partial charge in [0.2, 0.25) is 0 Å². The number of carbonyl (C=O) groups is 2. The third-order valence-electron chi connectivity index (χ3n) is 3.95. The molecule has 1 fully saturated rings. The largest absolute Gasteiger partial charge is 0.484 e. The van der Waals surface area contributed by atoms with E-state index in [1.54, 1.807) is 25.3 Å². The number of hydrogen-bond donors (Lipinski definition) is 1. The number of aryl methyl sites for hydroxylation is 1. The molecular formula is C20H18N2O3S2. The van der Waals surface area contributed by atoms with Gasteiger partial charge in [0.1, 0.15) is 10.1 Å². The number of thiocarbonyl (C=S) groups is 1. The summed E-state index contributed by atoms with van der Waals surface area (Å²) in [7, 11) is 1.66. The molecule has 138 valence electrons. The fourth-order valence-electron chi connectivity index (χ4n) is 2.41. The molecule has 2 aromatic rings. The Morgan fingerprint density at radius 1 is 1.22 bits per heavy atom. The maximum absolute atomic E-state index is 12.0. The zero-order chi connectivity index (χ0) is 19.4. The Hall–Kier alpha value is -2.64. The molecule has 0 aliphatic carbocycles. The van der Waals surface area contributed by atoms with Crippen molar-refractivity contribution >= 4 is 51.9 Å². The van der Waals surface area contributed by atoms with Crippen molar-refractivity contribution in [1.29, 1.82) is 0 Å². The van der Waals surface area contributed by atoms with E-state index in [1.807, 2.05) is 43.3 Å². The van der Waals surface area contributed by atoms with Crippen molar-refractivity contribution in [3.63, 3.8) is 0 Å². The van der Waals surface area contributed by atoms with Crippen LogP contribution < -0.4 is 10.1 Å². The maximum Gasteiger partial charge on any atom is 0.265 e. The van der Waals surface area contributed by atoms with Crippen LogP contribution in [0.15, 0.2) is 53.4 Å². The molecule has 0 spiro atoms. The summed E-state index contributed by atoms with van der Waals surface area (Å²) in [5.74, 6) is 0.258. The highest BCUT2D eigenvalue weighted by Gasteiger charge is 2.28. The summed E-state index contributed by atoms with van der Waals surface area (Å²) in [6.45, 7) is 1.85. The molecular weight excluding hydrogens is 380 g/mol. The van der Waals surface area contributed by atoms with Gasteiger partial charge < -0.3 is 10.1 Å². The van der Waals surface area contributed by atoms with E-state index in [4.69, 9.17) is 17.0 Å². The van der Waals surface area contributed by atoms with Crippen LogP contribution in [0.2, 0.25) is 0 Å². The minimum Gasteiger partial charge on any atom is -0.484 e. The molecule has 0 aromatic heterocycles. The molecule has 1 aliphatic heterocycles. The number of nitrogens with one attached hydrogen (secondary N) is 1. The van der Waals surface area contributed by atoms with E-state index < -0.39 is 0 Å². The minimum absolute atomic E-state index is 0.0812. The molecule has 27 heavy (non-hydrogen) atoms. The highest BCUT2D eigenvalue weighted by atomic mass is 32.2. The van der Waals surface area contributed by atoms with Crippen molar-refractivity contribution in [2.75, 3.05) is 19.0 Å². The van der Waals surface area contributed by atoms with Gasteiger partial charge in [0.25, 0.3) is 11.8 Å². The highest BCUT2D eigenvalue weighted by Crippen LogP contribution is 2.31. The molecule has 2 amide bonds. The molecule has 0 saturated carbocycles. The summed E-state index contributed by atoms with van der Waals surface area (Å²) in [4.78, 5) is 26.1. The number of rotatable bonds is 5. The van der Waals surface area contributed by atoms with Crippen LogP contribution in [0, 0.1) is 6.92 Å². The highest BCUT2D eigenvalue weighted by molar-refractivity contribution is 8.26. The van der Waals surface area contributed by atoms with E-state index in [0.29, 0.717) is 15.0 Å². The number of amides is 2. The van der Waals surface area contributed by atoms with Crippen LogP contribution in [0.25, 0.3) is 6.08 Å². The Kier molecular flexibility index (Phi) is 5.93. The third kappa shape index (κ3) is 4.75. The molecule has 1 saturated heterocycles. The average Bonchev–Trinajstić information content (AvgIpc) is 2.90. The van der Waals surface area contributed by atoms with Crippen LogP contribution in [0.4, 0.5) is 5.69 Å². The van der Waals surface area contributed by atoms with E-state index in [0.717, 1.165) is 16.8 Å². The summed E-state index contributed by atoms with van der Waals surface area (Å²) in [5, 5.41) is 2.82. The van der Waals surface area contributed by atoms with Crippen LogP contribution in [-0.2, 0) is 9.59 Å². The van der Waals surface area contributed by atoms with Crippen molar-refractivity contribution in [1.82, 2.24) is 4.90 Å². The van der Waals surface area contributed by atoms with Gasteiger partial charge >= 0.3 is 0 Å². The lowest BCUT2D eigenvalue weighted by Gasteiger charge is -2.09. The van der Waals surface area contributed by atoms with E-state index in [-0.39, 0.29) is 18.4 Å². The SMILES string of the molecule is Cc1ccccc1NC(=O)COc1ccc(/C=C2/SC(=S)N(C)C2=O)cc1. The maximum atomic E-state index is 12.0. The summed E-state index contributed by atoms with van der Waals surface area (Å²) < 4.78 is 6.07. The second-order valence-corrected chi connectivity index (χ2v) is 7.64. The Labute approximate surface area is 167 Å². The first-order chi connectivity index (χ1) is 12.9. The lowest BCUT2D eigenvalue weighted by Crippen LogP contribution is -2.22. The van der Waals surface area contributed by atoms with Crippen molar-refractivity contribution in [2.45, 2.75) is 6.92 Å².